The number of hydrogen-bond acceptors (Lipinski definition) is 4. The molecule has 3 rings (SSSR count). The molecule has 2 aromatic rings. The van der Waals surface area contributed by atoms with E-state index in [1.54, 1.807) is 16.7 Å². The second-order valence-corrected chi connectivity index (χ2v) is 7.10. The highest BCUT2D eigenvalue weighted by molar-refractivity contribution is 7.99. The summed E-state index contributed by atoms with van der Waals surface area (Å²) in [4.78, 5) is 19.0. The normalized spacial score (nSPS) is 14.0. The van der Waals surface area contributed by atoms with Gasteiger partial charge in [0.2, 0.25) is 0 Å². The predicted molar refractivity (Wildman–Crippen MR) is 103 cm³/mol. The number of fused-ring (bicyclic) bond motifs is 2. The van der Waals surface area contributed by atoms with Gasteiger partial charge in [-0.3, -0.25) is 4.90 Å². The second kappa shape index (κ2) is 7.93. The largest absolute Gasteiger partial charge is 0.447 e. The fraction of sp³-hybridized carbons (Fsp3) is 0.350. The van der Waals surface area contributed by atoms with E-state index in [0.29, 0.717) is 6.61 Å². The lowest BCUT2D eigenvalue weighted by atomic mass is 10.2. The van der Waals surface area contributed by atoms with Gasteiger partial charge in [0.15, 0.2) is 0 Å². The van der Waals surface area contributed by atoms with E-state index in [9.17, 15) is 4.79 Å². The maximum absolute atomic E-state index is 12.9. The van der Waals surface area contributed by atoms with E-state index < -0.39 is 0 Å². The van der Waals surface area contributed by atoms with Crippen molar-refractivity contribution in [2.24, 2.45) is 0 Å². The molecule has 0 aromatic heterocycles. The van der Waals surface area contributed by atoms with Crippen LogP contribution >= 0.6 is 11.8 Å². The number of likely N-dealkylation sites (N-methyl/N-ethyl adjacent to an activating group) is 1. The van der Waals surface area contributed by atoms with E-state index in [1.165, 1.54) is 0 Å². The van der Waals surface area contributed by atoms with Crippen molar-refractivity contribution in [3.63, 3.8) is 0 Å². The number of hydrogen-bond donors (Lipinski definition) is 0. The van der Waals surface area contributed by atoms with Gasteiger partial charge in [0.05, 0.1) is 11.4 Å². The lowest BCUT2D eigenvalue weighted by molar-refractivity contribution is 0.107. The van der Waals surface area contributed by atoms with E-state index in [-0.39, 0.29) is 12.1 Å². The maximum Gasteiger partial charge on any atom is 0.419 e. The van der Waals surface area contributed by atoms with Crippen molar-refractivity contribution in [2.75, 3.05) is 24.6 Å². The molecular weight excluding hydrogens is 332 g/mol. The number of rotatable bonds is 5. The molecule has 0 N–H and O–H groups in total. The Morgan fingerprint density at radius 2 is 1.56 bits per heavy atom. The van der Waals surface area contributed by atoms with Gasteiger partial charge >= 0.3 is 6.09 Å². The molecule has 0 spiro atoms. The average molecular weight is 356 g/mol. The minimum atomic E-state index is -0.320. The number of para-hydroxylation sites is 2. The maximum atomic E-state index is 12.9. The molecule has 5 heteroatoms. The number of amides is 1. The Morgan fingerprint density at radius 1 is 1.04 bits per heavy atom. The van der Waals surface area contributed by atoms with Crippen molar-refractivity contribution in [1.29, 1.82) is 0 Å². The van der Waals surface area contributed by atoms with Crippen molar-refractivity contribution in [3.05, 3.63) is 48.5 Å². The highest BCUT2D eigenvalue weighted by Gasteiger charge is 2.29. The third kappa shape index (κ3) is 3.67. The molecule has 1 unspecified atom stereocenters. The molecule has 0 saturated heterocycles. The molecular formula is C20H24N2O2S. The summed E-state index contributed by atoms with van der Waals surface area (Å²) < 4.78 is 5.68. The highest BCUT2D eigenvalue weighted by Crippen LogP contribution is 2.48. The first kappa shape index (κ1) is 17.8. The van der Waals surface area contributed by atoms with Crippen LogP contribution < -0.4 is 4.90 Å². The van der Waals surface area contributed by atoms with Crippen LogP contribution in [0, 0.1) is 0 Å². The summed E-state index contributed by atoms with van der Waals surface area (Å²) in [6.07, 6.45) is -0.320. The Bertz CT molecular complexity index is 700. The minimum absolute atomic E-state index is 0.198. The third-order valence-electron chi connectivity index (χ3n) is 4.50. The smallest absolute Gasteiger partial charge is 0.419 e. The number of carbonyl (C=O) groups excluding carboxylic acids is 1. The first-order valence-corrected chi connectivity index (χ1v) is 9.54. The van der Waals surface area contributed by atoms with Crippen molar-refractivity contribution in [2.45, 2.75) is 36.6 Å². The summed E-state index contributed by atoms with van der Waals surface area (Å²) in [5.74, 6) is 0. The Morgan fingerprint density at radius 3 is 2.08 bits per heavy atom. The molecule has 0 aliphatic carbocycles. The minimum Gasteiger partial charge on any atom is -0.447 e. The topological polar surface area (TPSA) is 32.8 Å². The Balaban J connectivity index is 1.83. The van der Waals surface area contributed by atoms with Crippen LogP contribution in [0.2, 0.25) is 0 Å². The van der Waals surface area contributed by atoms with E-state index in [4.69, 9.17) is 4.74 Å². The van der Waals surface area contributed by atoms with Gasteiger partial charge in [-0.25, -0.2) is 9.69 Å². The quantitative estimate of drug-likeness (QED) is 0.741. The summed E-state index contributed by atoms with van der Waals surface area (Å²) in [5.41, 5.74) is 1.76. The molecule has 4 nitrogen and oxygen atoms in total. The molecule has 1 aliphatic rings. The zero-order valence-corrected chi connectivity index (χ0v) is 15.8. The fourth-order valence-corrected chi connectivity index (χ4v) is 4.17. The van der Waals surface area contributed by atoms with Crippen LogP contribution in [0.25, 0.3) is 0 Å². The van der Waals surface area contributed by atoms with Crippen molar-refractivity contribution in [1.82, 2.24) is 4.90 Å². The Hall–Kier alpha value is -1.98. The zero-order chi connectivity index (χ0) is 17.8. The molecule has 2 aromatic carbocycles. The van der Waals surface area contributed by atoms with Gasteiger partial charge in [0.1, 0.15) is 6.61 Å². The molecule has 132 valence electrons. The van der Waals surface area contributed by atoms with E-state index >= 15 is 0 Å². The summed E-state index contributed by atoms with van der Waals surface area (Å²) in [5, 5.41) is 0. The first-order chi connectivity index (χ1) is 12.2. The molecule has 1 atom stereocenters. The Kier molecular flexibility index (Phi) is 5.66. The molecule has 0 saturated carbocycles. The van der Waals surface area contributed by atoms with Gasteiger partial charge < -0.3 is 4.74 Å². The summed E-state index contributed by atoms with van der Waals surface area (Å²) in [7, 11) is 0. The molecule has 1 amide bonds. The molecule has 1 heterocycles. The van der Waals surface area contributed by atoms with Crippen molar-refractivity contribution < 1.29 is 9.53 Å². The monoisotopic (exact) mass is 356 g/mol. The first-order valence-electron chi connectivity index (χ1n) is 8.72. The van der Waals surface area contributed by atoms with Gasteiger partial charge in [-0.1, -0.05) is 49.9 Å². The van der Waals surface area contributed by atoms with Crippen LogP contribution in [-0.2, 0) is 4.74 Å². The van der Waals surface area contributed by atoms with Crippen molar-refractivity contribution in [3.8, 4) is 0 Å². The fourth-order valence-electron chi connectivity index (χ4n) is 3.11. The summed E-state index contributed by atoms with van der Waals surface area (Å²) >= 11 is 1.68. The molecule has 1 aliphatic heterocycles. The number of ether oxygens (including phenoxy) is 1. The average Bonchev–Trinajstić information content (AvgIpc) is 2.65. The second-order valence-electron chi connectivity index (χ2n) is 6.02. The highest BCUT2D eigenvalue weighted by atomic mass is 32.2. The zero-order valence-electron chi connectivity index (χ0n) is 14.9. The number of anilines is 2. The van der Waals surface area contributed by atoms with Gasteiger partial charge in [-0.05, 0) is 44.3 Å². The van der Waals surface area contributed by atoms with Crippen molar-refractivity contribution >= 4 is 29.2 Å². The van der Waals surface area contributed by atoms with Crippen LogP contribution in [0.15, 0.2) is 58.3 Å². The van der Waals surface area contributed by atoms with Crippen LogP contribution in [0.1, 0.15) is 20.8 Å². The van der Waals surface area contributed by atoms with Gasteiger partial charge in [0, 0.05) is 15.8 Å². The third-order valence-corrected chi connectivity index (χ3v) is 5.63. The standard InChI is InChI=1S/C20H24N2O2S/c1-4-21(5-2)15(3)14-24-20(23)22-16-10-6-8-12-18(16)25-19-13-9-7-11-17(19)22/h6-13,15H,4-5,14H2,1-3H3. The lowest BCUT2D eigenvalue weighted by Crippen LogP contribution is -2.38. The molecule has 0 fully saturated rings. The van der Waals surface area contributed by atoms with Crippen LogP contribution in [0.4, 0.5) is 16.2 Å². The van der Waals surface area contributed by atoms with Gasteiger partial charge in [-0.2, -0.15) is 0 Å². The predicted octanol–water partition coefficient (Wildman–Crippen LogP) is 5.16. The van der Waals surface area contributed by atoms with Crippen LogP contribution in [0.5, 0.6) is 0 Å². The van der Waals surface area contributed by atoms with E-state index in [2.05, 4.69) is 25.7 Å². The molecule has 0 radical (unpaired) electrons. The SMILES string of the molecule is CCN(CC)C(C)COC(=O)N1c2ccccc2Sc2ccccc21. The molecule has 0 bridgehead atoms. The molecule has 25 heavy (non-hydrogen) atoms. The number of benzene rings is 2. The van der Waals surface area contributed by atoms with E-state index in [0.717, 1.165) is 34.3 Å². The van der Waals surface area contributed by atoms with E-state index in [1.807, 2.05) is 48.5 Å². The van der Waals surface area contributed by atoms with Gasteiger partial charge in [0.25, 0.3) is 0 Å². The van der Waals surface area contributed by atoms with Crippen LogP contribution in [-0.4, -0.2) is 36.7 Å². The van der Waals surface area contributed by atoms with Crippen LogP contribution in [0.3, 0.4) is 0 Å². The summed E-state index contributed by atoms with van der Waals surface area (Å²) in [6, 6.07) is 16.1. The number of carbonyl (C=O) groups is 1. The Labute approximate surface area is 153 Å². The lowest BCUT2D eigenvalue weighted by Gasteiger charge is -2.31. The van der Waals surface area contributed by atoms with Gasteiger partial charge in [-0.15, -0.1) is 0 Å². The summed E-state index contributed by atoms with van der Waals surface area (Å²) in [6.45, 7) is 8.61. The number of nitrogens with zero attached hydrogens (tertiary/aromatic N) is 2.